The van der Waals surface area contributed by atoms with Gasteiger partial charge in [-0.3, -0.25) is 0 Å². The number of hydrogen-bond acceptors (Lipinski definition) is 6. The van der Waals surface area contributed by atoms with Crippen molar-refractivity contribution in [1.29, 1.82) is 0 Å². The second kappa shape index (κ2) is 26.6. The zero-order valence-corrected chi connectivity index (χ0v) is 38.8. The predicted molar refractivity (Wildman–Crippen MR) is 246 cm³/mol. The number of aromatic nitrogens is 2. The first-order valence-corrected chi connectivity index (χ1v) is 25.5. The molecule has 0 fully saturated rings. The Kier molecular flexibility index (Phi) is 22.4. The zero-order valence-electron chi connectivity index (χ0n) is 34.8. The van der Waals surface area contributed by atoms with Crippen molar-refractivity contribution in [3.05, 3.63) is 37.8 Å². The highest BCUT2D eigenvalue weighted by atomic mass is 79.9. The molecule has 7 heteroatoms. The van der Waals surface area contributed by atoms with Crippen molar-refractivity contribution < 1.29 is 4.74 Å². The monoisotopic (exact) mass is 856 g/mol. The molecule has 0 aliphatic rings. The summed E-state index contributed by atoms with van der Waals surface area (Å²) < 4.78 is 6.80. The molecule has 54 heavy (non-hydrogen) atoms. The van der Waals surface area contributed by atoms with Crippen molar-refractivity contribution >= 4 is 61.0 Å². The maximum absolute atomic E-state index is 5.81. The Morgan fingerprint density at radius 1 is 0.500 bits per heavy atom. The number of ether oxygens (including phenoxy) is 1. The van der Waals surface area contributed by atoms with Gasteiger partial charge in [0.15, 0.2) is 0 Å². The fraction of sp³-hybridized carbons (Fsp3) is 0.702. The largest absolute Gasteiger partial charge is 0.486 e. The quantitative estimate of drug-likeness (QED) is 0.0473. The van der Waals surface area contributed by atoms with Gasteiger partial charge in [-0.05, 0) is 64.9 Å². The van der Waals surface area contributed by atoms with Crippen molar-refractivity contribution in [1.82, 2.24) is 9.97 Å². The molecule has 0 spiro atoms. The molecule has 0 aliphatic heterocycles. The van der Waals surface area contributed by atoms with Gasteiger partial charge in [-0.15, -0.1) is 22.7 Å². The molecule has 0 saturated carbocycles. The topological polar surface area (TPSA) is 35.0 Å². The lowest BCUT2D eigenvalue weighted by Crippen LogP contribution is -2.04. The number of rotatable bonds is 31. The van der Waals surface area contributed by atoms with E-state index in [1.807, 2.05) is 22.7 Å². The SMILES string of the molecule is CCCCCCCCC(CCCCCC)Cc1ccc(-c2nc3c(Br)sc(OC)c3nc2-c2ccc(CC(CCCCCC)CCCCCCCC)s2)s1. The van der Waals surface area contributed by atoms with Crippen LogP contribution in [-0.2, 0) is 12.8 Å². The van der Waals surface area contributed by atoms with Gasteiger partial charge in [0, 0.05) is 9.75 Å². The van der Waals surface area contributed by atoms with E-state index in [-0.39, 0.29) is 0 Å². The number of unbranched alkanes of at least 4 members (excludes halogenated alkanes) is 16. The van der Waals surface area contributed by atoms with Crippen LogP contribution in [0.5, 0.6) is 5.06 Å². The minimum absolute atomic E-state index is 0.770. The van der Waals surface area contributed by atoms with Crippen molar-refractivity contribution in [2.45, 2.75) is 195 Å². The number of hydrogen-bond donors (Lipinski definition) is 0. The van der Waals surface area contributed by atoms with Crippen LogP contribution in [0.4, 0.5) is 0 Å². The molecule has 0 aromatic carbocycles. The van der Waals surface area contributed by atoms with Crippen molar-refractivity contribution in [2.75, 3.05) is 7.11 Å². The Morgan fingerprint density at radius 3 is 1.28 bits per heavy atom. The van der Waals surface area contributed by atoms with E-state index >= 15 is 0 Å². The fourth-order valence-corrected chi connectivity index (χ4v) is 11.7. The van der Waals surface area contributed by atoms with E-state index in [1.165, 1.54) is 186 Å². The Labute approximate surface area is 351 Å². The summed E-state index contributed by atoms with van der Waals surface area (Å²) in [7, 11) is 1.75. The van der Waals surface area contributed by atoms with Crippen molar-refractivity contribution in [3.8, 4) is 26.2 Å². The minimum Gasteiger partial charge on any atom is -0.486 e. The average Bonchev–Trinajstić information content (AvgIpc) is 3.92. The van der Waals surface area contributed by atoms with Gasteiger partial charge in [0.25, 0.3) is 0 Å². The number of methoxy groups -OCH3 is 1. The molecule has 4 aromatic heterocycles. The van der Waals surface area contributed by atoms with Crippen LogP contribution in [0.1, 0.15) is 192 Å². The number of fused-ring (bicyclic) bond motifs is 1. The number of halogens is 1. The summed E-state index contributed by atoms with van der Waals surface area (Å²) in [4.78, 5) is 16.2. The third kappa shape index (κ3) is 15.2. The maximum atomic E-state index is 5.81. The lowest BCUT2D eigenvalue weighted by molar-refractivity contribution is 0.404. The van der Waals surface area contributed by atoms with Gasteiger partial charge < -0.3 is 4.74 Å². The summed E-state index contributed by atoms with van der Waals surface area (Å²) in [6.07, 6.45) is 35.2. The molecule has 3 nitrogen and oxygen atoms in total. The third-order valence-corrected chi connectivity index (χ3v) is 15.3. The van der Waals surface area contributed by atoms with Crippen LogP contribution >= 0.6 is 49.9 Å². The summed E-state index contributed by atoms with van der Waals surface area (Å²) in [6, 6.07) is 9.44. The predicted octanol–water partition coefficient (Wildman–Crippen LogP) is 17.7. The smallest absolute Gasteiger partial charge is 0.203 e. The minimum atomic E-state index is 0.770. The highest BCUT2D eigenvalue weighted by Crippen LogP contribution is 2.45. The molecule has 4 aromatic rings. The fourth-order valence-electron chi connectivity index (χ4n) is 8.02. The lowest BCUT2D eigenvalue weighted by Gasteiger charge is -2.16. The molecule has 2 unspecified atom stereocenters. The lowest BCUT2D eigenvalue weighted by atomic mass is 9.91. The van der Waals surface area contributed by atoms with E-state index in [1.54, 1.807) is 18.4 Å². The molecule has 2 atom stereocenters. The van der Waals surface area contributed by atoms with Crippen LogP contribution in [0.15, 0.2) is 28.1 Å². The molecular weight excluding hydrogens is 785 g/mol. The standard InChI is InChI=1S/C47H73BrN2OS3/c1-6-10-14-18-20-24-28-36(26-22-16-12-8-3)34-38-30-32-40(52-38)42-43(50-45-44(49-42)46(48)54-47(45)51-5)41-33-31-39(53-41)35-37(27-23-17-13-9-4)29-25-21-19-15-11-7-2/h30-33,36-37H,6-29,34-35H2,1-5H3. The molecule has 0 bridgehead atoms. The van der Waals surface area contributed by atoms with Crippen LogP contribution in [-0.4, -0.2) is 17.1 Å². The van der Waals surface area contributed by atoms with E-state index in [9.17, 15) is 0 Å². The summed E-state index contributed by atoms with van der Waals surface area (Å²) in [5, 5.41) is 0.826. The van der Waals surface area contributed by atoms with Crippen LogP contribution in [0.2, 0.25) is 0 Å². The van der Waals surface area contributed by atoms with Crippen LogP contribution < -0.4 is 4.74 Å². The second-order valence-corrected chi connectivity index (χ2v) is 20.6. The summed E-state index contributed by atoms with van der Waals surface area (Å²) in [5.74, 6) is 1.54. The number of nitrogens with zero attached hydrogens (tertiary/aromatic N) is 2. The molecule has 0 radical (unpaired) electrons. The van der Waals surface area contributed by atoms with Gasteiger partial charge in [0.05, 0.1) is 16.9 Å². The van der Waals surface area contributed by atoms with Gasteiger partial charge in [0.2, 0.25) is 5.06 Å². The molecule has 4 heterocycles. The Bertz CT molecular complexity index is 1570. The molecule has 0 N–H and O–H groups in total. The van der Waals surface area contributed by atoms with Gasteiger partial charge >= 0.3 is 0 Å². The van der Waals surface area contributed by atoms with E-state index in [0.717, 1.165) is 43.1 Å². The highest BCUT2D eigenvalue weighted by molar-refractivity contribution is 9.11. The summed E-state index contributed by atoms with van der Waals surface area (Å²) >= 11 is 9.29. The molecule has 0 aliphatic carbocycles. The zero-order chi connectivity index (χ0) is 38.4. The second-order valence-electron chi connectivity index (χ2n) is 16.0. The summed E-state index contributed by atoms with van der Waals surface area (Å²) in [5.41, 5.74) is 3.80. The van der Waals surface area contributed by atoms with E-state index in [0.29, 0.717) is 0 Å². The van der Waals surface area contributed by atoms with Crippen LogP contribution in [0, 0.1) is 11.8 Å². The molecule has 0 amide bonds. The normalized spacial score (nSPS) is 12.9. The van der Waals surface area contributed by atoms with Crippen LogP contribution in [0.3, 0.4) is 0 Å². The Hall–Kier alpha value is -1.28. The highest BCUT2D eigenvalue weighted by Gasteiger charge is 2.23. The van der Waals surface area contributed by atoms with Crippen LogP contribution in [0.25, 0.3) is 32.2 Å². The molecule has 4 rings (SSSR count). The summed E-state index contributed by atoms with van der Waals surface area (Å²) in [6.45, 7) is 9.26. The molecular formula is C47H73BrN2OS3. The van der Waals surface area contributed by atoms with E-state index in [4.69, 9.17) is 14.7 Å². The first kappa shape index (κ1) is 45.4. The number of thiophene rings is 3. The third-order valence-electron chi connectivity index (χ3n) is 11.3. The van der Waals surface area contributed by atoms with Crippen molar-refractivity contribution in [3.63, 3.8) is 0 Å². The Balaban J connectivity index is 1.55. The maximum Gasteiger partial charge on any atom is 0.203 e. The van der Waals surface area contributed by atoms with Gasteiger partial charge in [-0.2, -0.15) is 0 Å². The van der Waals surface area contributed by atoms with Gasteiger partial charge in [-0.1, -0.05) is 193 Å². The van der Waals surface area contributed by atoms with Crippen molar-refractivity contribution in [2.24, 2.45) is 11.8 Å². The van der Waals surface area contributed by atoms with E-state index < -0.39 is 0 Å². The van der Waals surface area contributed by atoms with Gasteiger partial charge in [0.1, 0.15) is 26.2 Å². The first-order chi connectivity index (χ1) is 26.5. The van der Waals surface area contributed by atoms with E-state index in [2.05, 4.69) is 67.9 Å². The Morgan fingerprint density at radius 2 is 0.870 bits per heavy atom. The average molecular weight is 858 g/mol. The molecule has 0 saturated heterocycles. The first-order valence-electron chi connectivity index (χ1n) is 22.2. The van der Waals surface area contributed by atoms with Gasteiger partial charge in [-0.25, -0.2) is 9.97 Å². The molecule has 302 valence electrons.